The lowest BCUT2D eigenvalue weighted by Gasteiger charge is -2.46. The minimum Gasteiger partial charge on any atom is -0.493 e. The van der Waals surface area contributed by atoms with Gasteiger partial charge in [-0.1, -0.05) is 30.3 Å². The molecule has 1 fully saturated rings. The summed E-state index contributed by atoms with van der Waals surface area (Å²) in [5, 5.41) is 3.52. The normalized spacial score (nSPS) is 17.5. The Hall–Kier alpha value is -3.06. The number of nitrogens with one attached hydrogen (secondary N) is 1. The van der Waals surface area contributed by atoms with Crippen LogP contribution in [-0.2, 0) is 18.1 Å². The monoisotopic (exact) mass is 467 g/mol. The quantitative estimate of drug-likeness (QED) is 0.526. The van der Waals surface area contributed by atoms with Crippen molar-refractivity contribution < 1.29 is 17.9 Å². The van der Waals surface area contributed by atoms with E-state index in [2.05, 4.69) is 17.4 Å². The summed E-state index contributed by atoms with van der Waals surface area (Å²) in [6.45, 7) is 5.19. The fourth-order valence-corrected chi connectivity index (χ4v) is 5.35. The molecule has 1 spiro atoms. The Labute approximate surface area is 197 Å². The lowest BCUT2D eigenvalue weighted by Crippen LogP contribution is -2.51. The number of ether oxygens (including phenoxy) is 1. The number of piperidine rings is 1. The average Bonchev–Trinajstić information content (AvgIpc) is 2.85. The molecule has 4 nitrogen and oxygen atoms in total. The number of anilines is 1. The fourth-order valence-electron chi connectivity index (χ4n) is 5.35. The van der Waals surface area contributed by atoms with Crippen molar-refractivity contribution in [1.82, 2.24) is 10.3 Å². The number of fused-ring (bicyclic) bond motifs is 2. The fraction of sp³-hybridized carbons (Fsp3) is 0.370. The minimum absolute atomic E-state index is 0.123. The van der Waals surface area contributed by atoms with Gasteiger partial charge in [-0.15, -0.1) is 0 Å². The molecule has 0 aliphatic carbocycles. The van der Waals surface area contributed by atoms with Crippen molar-refractivity contribution >= 4 is 5.69 Å². The number of alkyl halides is 3. The first-order valence-corrected chi connectivity index (χ1v) is 11.8. The van der Waals surface area contributed by atoms with E-state index in [0.717, 1.165) is 42.1 Å². The highest BCUT2D eigenvalue weighted by molar-refractivity contribution is 5.68. The number of aromatic nitrogens is 1. The Balaban J connectivity index is 1.41. The zero-order valence-corrected chi connectivity index (χ0v) is 19.2. The maximum atomic E-state index is 13.5. The number of rotatable bonds is 4. The molecule has 2 aromatic carbocycles. The molecule has 2 aliphatic heterocycles. The summed E-state index contributed by atoms with van der Waals surface area (Å²) >= 11 is 0. The largest absolute Gasteiger partial charge is 0.493 e. The zero-order chi connectivity index (χ0) is 23.8. The molecule has 0 saturated carbocycles. The van der Waals surface area contributed by atoms with Crippen LogP contribution in [0, 0.1) is 0 Å². The van der Waals surface area contributed by atoms with Crippen molar-refractivity contribution in [3.05, 3.63) is 77.5 Å². The lowest BCUT2D eigenvalue weighted by atomic mass is 9.70. The molecule has 5 rings (SSSR count). The van der Waals surface area contributed by atoms with Gasteiger partial charge < -0.3 is 15.0 Å². The highest BCUT2D eigenvalue weighted by Gasteiger charge is 2.42. The van der Waals surface area contributed by atoms with Gasteiger partial charge in [0.05, 0.1) is 23.6 Å². The third-order valence-corrected chi connectivity index (χ3v) is 7.03. The number of benzene rings is 2. The standard InChI is InChI=1S/C27H28F3N3O/c1-2-34-25-10-6-3-7-19(25)22-12-11-20-23(32-22)17-31-18-26(20)13-15-33(16-14-26)24-9-5-4-8-21(24)27(28,29)30/h3-12,31H,2,13-18H2,1H3. The Bertz CT molecular complexity index is 1170. The predicted octanol–water partition coefficient (Wildman–Crippen LogP) is 5.81. The van der Waals surface area contributed by atoms with E-state index in [4.69, 9.17) is 9.72 Å². The molecule has 0 bridgehead atoms. The van der Waals surface area contributed by atoms with Gasteiger partial charge in [-0.05, 0) is 55.7 Å². The van der Waals surface area contributed by atoms with Gasteiger partial charge in [0.15, 0.2) is 0 Å². The van der Waals surface area contributed by atoms with Crippen LogP contribution < -0.4 is 15.0 Å². The van der Waals surface area contributed by atoms with E-state index < -0.39 is 11.7 Å². The van der Waals surface area contributed by atoms with Gasteiger partial charge >= 0.3 is 6.18 Å². The lowest BCUT2D eigenvalue weighted by molar-refractivity contribution is -0.137. The van der Waals surface area contributed by atoms with E-state index >= 15 is 0 Å². The molecule has 0 atom stereocenters. The maximum absolute atomic E-state index is 13.5. The summed E-state index contributed by atoms with van der Waals surface area (Å²) in [6, 6.07) is 18.0. The van der Waals surface area contributed by atoms with E-state index in [-0.39, 0.29) is 11.1 Å². The topological polar surface area (TPSA) is 37.4 Å². The summed E-state index contributed by atoms with van der Waals surface area (Å²) in [7, 11) is 0. The van der Waals surface area contributed by atoms with Crippen LogP contribution in [0.1, 0.15) is 36.6 Å². The Kier molecular flexibility index (Phi) is 5.98. The molecule has 3 heterocycles. The van der Waals surface area contributed by atoms with Gasteiger partial charge in [0.2, 0.25) is 0 Å². The average molecular weight is 468 g/mol. The molecule has 178 valence electrons. The summed E-state index contributed by atoms with van der Waals surface area (Å²) in [5.74, 6) is 0.813. The number of nitrogens with zero attached hydrogens (tertiary/aromatic N) is 2. The maximum Gasteiger partial charge on any atom is 0.418 e. The van der Waals surface area contributed by atoms with Crippen LogP contribution >= 0.6 is 0 Å². The van der Waals surface area contributed by atoms with E-state index in [1.165, 1.54) is 17.7 Å². The van der Waals surface area contributed by atoms with Gasteiger partial charge in [0.1, 0.15) is 5.75 Å². The van der Waals surface area contributed by atoms with Crippen LogP contribution in [0.25, 0.3) is 11.3 Å². The molecule has 2 aliphatic rings. The van der Waals surface area contributed by atoms with Crippen molar-refractivity contribution in [2.75, 3.05) is 31.1 Å². The van der Waals surface area contributed by atoms with E-state index in [1.54, 1.807) is 12.1 Å². The number of halogens is 3. The van der Waals surface area contributed by atoms with Gasteiger partial charge in [-0.3, -0.25) is 4.98 Å². The highest BCUT2D eigenvalue weighted by atomic mass is 19.4. The smallest absolute Gasteiger partial charge is 0.418 e. The van der Waals surface area contributed by atoms with Crippen LogP contribution in [0.3, 0.4) is 0 Å². The van der Waals surface area contributed by atoms with Gasteiger partial charge in [0, 0.05) is 42.8 Å². The third-order valence-electron chi connectivity index (χ3n) is 7.03. The predicted molar refractivity (Wildman–Crippen MR) is 127 cm³/mol. The van der Waals surface area contributed by atoms with E-state index in [0.29, 0.717) is 26.2 Å². The summed E-state index contributed by atoms with van der Waals surface area (Å²) in [4.78, 5) is 6.87. The molecule has 1 N–H and O–H groups in total. The molecule has 3 aromatic rings. The Morgan fingerprint density at radius 1 is 1.00 bits per heavy atom. The SMILES string of the molecule is CCOc1ccccc1-c1ccc2c(n1)CNCC21CCN(c2ccccc2C(F)(F)F)CC1. The first-order valence-electron chi connectivity index (χ1n) is 11.8. The number of hydrogen-bond donors (Lipinski definition) is 1. The second-order valence-corrected chi connectivity index (χ2v) is 9.01. The van der Waals surface area contributed by atoms with Crippen molar-refractivity contribution in [3.8, 4) is 17.0 Å². The Morgan fingerprint density at radius 3 is 2.50 bits per heavy atom. The van der Waals surface area contributed by atoms with Crippen LogP contribution in [0.15, 0.2) is 60.7 Å². The second kappa shape index (κ2) is 8.95. The van der Waals surface area contributed by atoms with Crippen molar-refractivity contribution in [1.29, 1.82) is 0 Å². The molecule has 0 radical (unpaired) electrons. The van der Waals surface area contributed by atoms with Crippen LogP contribution in [0.2, 0.25) is 0 Å². The molecule has 1 aromatic heterocycles. The number of pyridine rings is 1. The number of hydrogen-bond acceptors (Lipinski definition) is 4. The van der Waals surface area contributed by atoms with Crippen LogP contribution in [-0.4, -0.2) is 31.2 Å². The van der Waals surface area contributed by atoms with Crippen molar-refractivity contribution in [3.63, 3.8) is 0 Å². The molecule has 7 heteroatoms. The zero-order valence-electron chi connectivity index (χ0n) is 19.2. The molecular weight excluding hydrogens is 439 g/mol. The van der Waals surface area contributed by atoms with Crippen molar-refractivity contribution in [2.24, 2.45) is 0 Å². The second-order valence-electron chi connectivity index (χ2n) is 9.01. The molecule has 34 heavy (non-hydrogen) atoms. The summed E-state index contributed by atoms with van der Waals surface area (Å²) < 4.78 is 46.4. The first-order chi connectivity index (χ1) is 16.4. The first kappa shape index (κ1) is 22.7. The van der Waals surface area contributed by atoms with E-state index in [9.17, 15) is 13.2 Å². The summed E-state index contributed by atoms with van der Waals surface area (Å²) in [6.07, 6.45) is -2.81. The summed E-state index contributed by atoms with van der Waals surface area (Å²) in [5.41, 5.74) is 3.65. The van der Waals surface area contributed by atoms with Crippen LogP contribution in [0.4, 0.5) is 18.9 Å². The third kappa shape index (κ3) is 4.13. The minimum atomic E-state index is -4.36. The van der Waals surface area contributed by atoms with Crippen molar-refractivity contribution in [2.45, 2.75) is 37.9 Å². The van der Waals surface area contributed by atoms with Gasteiger partial charge in [-0.2, -0.15) is 13.2 Å². The van der Waals surface area contributed by atoms with Gasteiger partial charge in [0.25, 0.3) is 0 Å². The molecular formula is C27H28F3N3O. The highest BCUT2D eigenvalue weighted by Crippen LogP contribution is 2.43. The van der Waals surface area contributed by atoms with Gasteiger partial charge in [-0.25, -0.2) is 0 Å². The number of para-hydroxylation sites is 2. The molecule has 0 amide bonds. The molecule has 1 saturated heterocycles. The molecule has 0 unspecified atom stereocenters. The van der Waals surface area contributed by atoms with Crippen LogP contribution in [0.5, 0.6) is 5.75 Å². The van der Waals surface area contributed by atoms with E-state index in [1.807, 2.05) is 36.1 Å². The Morgan fingerprint density at radius 2 is 1.74 bits per heavy atom.